The molecule has 1 aromatic rings. The average molecular weight is 215 g/mol. The van der Waals surface area contributed by atoms with E-state index < -0.39 is 0 Å². The molecule has 78 valence electrons. The Balaban J connectivity index is 2.64. The largest absolute Gasteiger partial charge is 0.497 e. The van der Waals surface area contributed by atoms with Gasteiger partial charge in [0.25, 0.3) is 0 Å². The molecule has 0 aliphatic carbocycles. The number of aliphatic hydroxyl groups excluding tert-OH is 1. The molecule has 0 aromatic heterocycles. The second kappa shape index (κ2) is 5.89. The molecule has 1 rings (SSSR count). The van der Waals surface area contributed by atoms with Gasteiger partial charge in [0.1, 0.15) is 5.75 Å². The Kier molecular flexibility index (Phi) is 4.77. The first-order valence-corrected chi connectivity index (χ1v) is 5.10. The van der Waals surface area contributed by atoms with Crippen LogP contribution in [0.4, 0.5) is 0 Å². The SMILES string of the molecule is COc1cccc(C(Cl)CCCO)c1. The summed E-state index contributed by atoms with van der Waals surface area (Å²) in [6.45, 7) is 0.188. The average Bonchev–Trinajstić information content (AvgIpc) is 2.26. The molecule has 0 heterocycles. The van der Waals surface area contributed by atoms with Gasteiger partial charge in [0.05, 0.1) is 12.5 Å². The van der Waals surface area contributed by atoms with E-state index in [1.807, 2.05) is 24.3 Å². The van der Waals surface area contributed by atoms with Crippen molar-refractivity contribution in [3.05, 3.63) is 29.8 Å². The van der Waals surface area contributed by atoms with E-state index >= 15 is 0 Å². The van der Waals surface area contributed by atoms with Crippen LogP contribution in [0.15, 0.2) is 24.3 Å². The van der Waals surface area contributed by atoms with Crippen LogP contribution in [-0.2, 0) is 0 Å². The Morgan fingerprint density at radius 2 is 2.29 bits per heavy atom. The van der Waals surface area contributed by atoms with Gasteiger partial charge in [0.2, 0.25) is 0 Å². The van der Waals surface area contributed by atoms with E-state index in [2.05, 4.69) is 0 Å². The van der Waals surface area contributed by atoms with E-state index in [1.165, 1.54) is 0 Å². The number of alkyl halides is 1. The zero-order valence-electron chi connectivity index (χ0n) is 8.24. The van der Waals surface area contributed by atoms with Gasteiger partial charge < -0.3 is 9.84 Å². The smallest absolute Gasteiger partial charge is 0.119 e. The third kappa shape index (κ3) is 3.20. The van der Waals surface area contributed by atoms with Crippen LogP contribution >= 0.6 is 11.6 Å². The maximum absolute atomic E-state index is 8.68. The molecule has 0 saturated heterocycles. The lowest BCUT2D eigenvalue weighted by Gasteiger charge is -2.09. The summed E-state index contributed by atoms with van der Waals surface area (Å²) < 4.78 is 5.10. The highest BCUT2D eigenvalue weighted by Crippen LogP contribution is 2.27. The minimum absolute atomic E-state index is 0.0442. The summed E-state index contributed by atoms with van der Waals surface area (Å²) in [5, 5.41) is 8.64. The molecule has 1 unspecified atom stereocenters. The monoisotopic (exact) mass is 214 g/mol. The van der Waals surface area contributed by atoms with Crippen molar-refractivity contribution in [2.75, 3.05) is 13.7 Å². The lowest BCUT2D eigenvalue weighted by molar-refractivity contribution is 0.284. The fraction of sp³-hybridized carbons (Fsp3) is 0.455. The van der Waals surface area contributed by atoms with E-state index in [1.54, 1.807) is 7.11 Å². The first-order valence-electron chi connectivity index (χ1n) is 4.67. The standard InChI is InChI=1S/C11H15ClO2/c1-14-10-5-2-4-9(8-10)11(12)6-3-7-13/h2,4-5,8,11,13H,3,6-7H2,1H3. The van der Waals surface area contributed by atoms with E-state index in [4.69, 9.17) is 21.4 Å². The Labute approximate surface area is 89.5 Å². The van der Waals surface area contributed by atoms with Gasteiger partial charge in [0.15, 0.2) is 0 Å². The molecular weight excluding hydrogens is 200 g/mol. The number of rotatable bonds is 5. The fourth-order valence-electron chi connectivity index (χ4n) is 1.27. The van der Waals surface area contributed by atoms with Gasteiger partial charge in [-0.15, -0.1) is 11.6 Å². The van der Waals surface area contributed by atoms with Gasteiger partial charge >= 0.3 is 0 Å². The molecule has 0 saturated carbocycles. The number of methoxy groups -OCH3 is 1. The topological polar surface area (TPSA) is 29.5 Å². The van der Waals surface area contributed by atoms with Crippen molar-refractivity contribution < 1.29 is 9.84 Å². The molecule has 0 radical (unpaired) electrons. The van der Waals surface area contributed by atoms with Crippen molar-refractivity contribution in [2.24, 2.45) is 0 Å². The number of aliphatic hydroxyl groups is 1. The fourth-order valence-corrected chi connectivity index (χ4v) is 1.56. The van der Waals surface area contributed by atoms with Gasteiger partial charge in [0, 0.05) is 6.61 Å². The van der Waals surface area contributed by atoms with Crippen molar-refractivity contribution in [1.82, 2.24) is 0 Å². The molecule has 3 heteroatoms. The minimum atomic E-state index is -0.0442. The number of ether oxygens (including phenoxy) is 1. The van der Waals surface area contributed by atoms with Crippen LogP contribution in [0.2, 0.25) is 0 Å². The molecule has 0 aliphatic rings. The lowest BCUT2D eigenvalue weighted by atomic mass is 10.1. The third-order valence-electron chi connectivity index (χ3n) is 2.07. The molecule has 0 bridgehead atoms. The van der Waals surface area contributed by atoms with E-state index in [0.717, 1.165) is 24.2 Å². The molecule has 0 aliphatic heterocycles. The lowest BCUT2D eigenvalue weighted by Crippen LogP contribution is -1.93. The second-order valence-corrected chi connectivity index (χ2v) is 3.64. The van der Waals surface area contributed by atoms with Crippen LogP contribution in [-0.4, -0.2) is 18.8 Å². The molecule has 2 nitrogen and oxygen atoms in total. The van der Waals surface area contributed by atoms with Crippen LogP contribution in [0.3, 0.4) is 0 Å². The van der Waals surface area contributed by atoms with Crippen molar-refractivity contribution in [1.29, 1.82) is 0 Å². The third-order valence-corrected chi connectivity index (χ3v) is 2.54. The molecule has 0 spiro atoms. The Morgan fingerprint density at radius 1 is 1.50 bits per heavy atom. The van der Waals surface area contributed by atoms with Crippen LogP contribution in [0.25, 0.3) is 0 Å². The number of halogens is 1. The Bertz CT molecular complexity index is 276. The molecule has 0 fully saturated rings. The highest BCUT2D eigenvalue weighted by Gasteiger charge is 2.07. The van der Waals surface area contributed by atoms with Crippen LogP contribution in [0.5, 0.6) is 5.75 Å². The number of benzene rings is 1. The molecular formula is C11H15ClO2. The van der Waals surface area contributed by atoms with Gasteiger partial charge in [-0.25, -0.2) is 0 Å². The van der Waals surface area contributed by atoms with Crippen molar-refractivity contribution >= 4 is 11.6 Å². The van der Waals surface area contributed by atoms with E-state index in [9.17, 15) is 0 Å². The van der Waals surface area contributed by atoms with Gasteiger partial charge in [-0.2, -0.15) is 0 Å². The Hall–Kier alpha value is -0.730. The van der Waals surface area contributed by atoms with E-state index in [0.29, 0.717) is 0 Å². The van der Waals surface area contributed by atoms with E-state index in [-0.39, 0.29) is 12.0 Å². The first-order chi connectivity index (χ1) is 6.77. The molecule has 14 heavy (non-hydrogen) atoms. The predicted molar refractivity (Wildman–Crippen MR) is 57.9 cm³/mol. The van der Waals surface area contributed by atoms with Gasteiger partial charge in [-0.3, -0.25) is 0 Å². The normalized spacial score (nSPS) is 12.5. The van der Waals surface area contributed by atoms with Crippen molar-refractivity contribution in [3.63, 3.8) is 0 Å². The molecule has 1 aromatic carbocycles. The highest BCUT2D eigenvalue weighted by atomic mass is 35.5. The Morgan fingerprint density at radius 3 is 2.93 bits per heavy atom. The van der Waals surface area contributed by atoms with Gasteiger partial charge in [-0.1, -0.05) is 12.1 Å². The molecule has 1 N–H and O–H groups in total. The molecule has 1 atom stereocenters. The zero-order chi connectivity index (χ0) is 10.4. The summed E-state index contributed by atoms with van der Waals surface area (Å²) in [5.41, 5.74) is 1.04. The maximum Gasteiger partial charge on any atom is 0.119 e. The summed E-state index contributed by atoms with van der Waals surface area (Å²) >= 11 is 6.15. The van der Waals surface area contributed by atoms with Crippen LogP contribution < -0.4 is 4.74 Å². The quantitative estimate of drug-likeness (QED) is 0.764. The highest BCUT2D eigenvalue weighted by molar-refractivity contribution is 6.20. The first kappa shape index (κ1) is 11.3. The molecule has 0 amide bonds. The van der Waals surface area contributed by atoms with Crippen molar-refractivity contribution in [2.45, 2.75) is 18.2 Å². The summed E-state index contributed by atoms with van der Waals surface area (Å²) in [7, 11) is 1.63. The summed E-state index contributed by atoms with van der Waals surface area (Å²) in [6.07, 6.45) is 1.51. The second-order valence-electron chi connectivity index (χ2n) is 3.11. The van der Waals surface area contributed by atoms with Crippen LogP contribution in [0.1, 0.15) is 23.8 Å². The van der Waals surface area contributed by atoms with Gasteiger partial charge in [-0.05, 0) is 30.5 Å². The van der Waals surface area contributed by atoms with Crippen molar-refractivity contribution in [3.8, 4) is 5.75 Å². The number of hydrogen-bond donors (Lipinski definition) is 1. The number of hydrogen-bond acceptors (Lipinski definition) is 2. The van der Waals surface area contributed by atoms with Crippen LogP contribution in [0, 0.1) is 0 Å². The summed E-state index contributed by atoms with van der Waals surface area (Å²) in [4.78, 5) is 0. The maximum atomic E-state index is 8.68. The summed E-state index contributed by atoms with van der Waals surface area (Å²) in [5.74, 6) is 0.817. The predicted octanol–water partition coefficient (Wildman–Crippen LogP) is 2.75. The zero-order valence-corrected chi connectivity index (χ0v) is 9.00. The minimum Gasteiger partial charge on any atom is -0.497 e. The summed E-state index contributed by atoms with van der Waals surface area (Å²) in [6, 6.07) is 7.70.